The van der Waals surface area contributed by atoms with Crippen LogP contribution in [0.15, 0.2) is 60.7 Å². The van der Waals surface area contributed by atoms with E-state index in [9.17, 15) is 4.39 Å². The molecule has 0 bridgehead atoms. The van der Waals surface area contributed by atoms with Crippen molar-refractivity contribution >= 4 is 11.6 Å². The Balaban J connectivity index is 1.73. The maximum Gasteiger partial charge on any atom is 0.231 e. The van der Waals surface area contributed by atoms with Crippen LogP contribution in [-0.2, 0) is 6.42 Å². The molecule has 0 radical (unpaired) electrons. The van der Waals surface area contributed by atoms with Crippen molar-refractivity contribution in [3.8, 4) is 22.6 Å². The third-order valence-electron chi connectivity index (χ3n) is 4.09. The quantitative estimate of drug-likeness (QED) is 0.629. The molecule has 0 atom stereocenters. The molecule has 0 spiro atoms. The Kier molecular flexibility index (Phi) is 3.87. The molecule has 3 aromatic rings. The lowest BCUT2D eigenvalue weighted by atomic mass is 9.94. The van der Waals surface area contributed by atoms with Gasteiger partial charge < -0.3 is 9.47 Å². The predicted octanol–water partition coefficient (Wildman–Crippen LogP) is 5.47. The van der Waals surface area contributed by atoms with Crippen molar-refractivity contribution in [3.05, 3.63) is 82.6 Å². The summed E-state index contributed by atoms with van der Waals surface area (Å²) in [6.07, 6.45) is 0.473. The van der Waals surface area contributed by atoms with E-state index in [0.717, 1.165) is 22.4 Å². The van der Waals surface area contributed by atoms with Gasteiger partial charge in [0, 0.05) is 17.0 Å². The van der Waals surface area contributed by atoms with Gasteiger partial charge in [0.15, 0.2) is 11.5 Å². The molecule has 4 heteroatoms. The van der Waals surface area contributed by atoms with Gasteiger partial charge >= 0.3 is 0 Å². The average molecular weight is 341 g/mol. The van der Waals surface area contributed by atoms with E-state index < -0.39 is 0 Å². The molecule has 2 nitrogen and oxygen atoms in total. The second kappa shape index (κ2) is 6.17. The summed E-state index contributed by atoms with van der Waals surface area (Å²) in [5, 5.41) is 0.660. The Hall–Kier alpha value is -2.52. The van der Waals surface area contributed by atoms with Crippen LogP contribution < -0.4 is 9.47 Å². The highest BCUT2D eigenvalue weighted by Crippen LogP contribution is 2.35. The molecule has 0 saturated carbocycles. The van der Waals surface area contributed by atoms with Crippen molar-refractivity contribution in [1.29, 1.82) is 0 Å². The summed E-state index contributed by atoms with van der Waals surface area (Å²) in [5.41, 5.74) is 3.43. The van der Waals surface area contributed by atoms with Crippen LogP contribution in [0, 0.1) is 5.82 Å². The highest BCUT2D eigenvalue weighted by Gasteiger charge is 2.16. The van der Waals surface area contributed by atoms with E-state index in [2.05, 4.69) is 0 Å². The molecule has 0 N–H and O–H groups in total. The van der Waals surface area contributed by atoms with Crippen LogP contribution in [0.5, 0.6) is 11.5 Å². The summed E-state index contributed by atoms with van der Waals surface area (Å²) in [5.74, 6) is 1.21. The van der Waals surface area contributed by atoms with E-state index in [-0.39, 0.29) is 12.6 Å². The topological polar surface area (TPSA) is 18.5 Å². The largest absolute Gasteiger partial charge is 0.454 e. The Bertz CT molecular complexity index is 891. The number of halogens is 2. The minimum absolute atomic E-state index is 0.222. The number of ether oxygens (including phenoxy) is 2. The van der Waals surface area contributed by atoms with Crippen LogP contribution in [0.4, 0.5) is 4.39 Å². The lowest BCUT2D eigenvalue weighted by Crippen LogP contribution is -1.97. The maximum atomic E-state index is 14.5. The monoisotopic (exact) mass is 340 g/mol. The van der Waals surface area contributed by atoms with Crippen LogP contribution in [0.25, 0.3) is 11.1 Å². The first kappa shape index (κ1) is 15.0. The van der Waals surface area contributed by atoms with E-state index >= 15 is 0 Å². The van der Waals surface area contributed by atoms with Crippen molar-refractivity contribution in [2.75, 3.05) is 6.79 Å². The zero-order valence-electron chi connectivity index (χ0n) is 12.8. The van der Waals surface area contributed by atoms with Crippen LogP contribution in [0.2, 0.25) is 5.02 Å². The smallest absolute Gasteiger partial charge is 0.231 e. The van der Waals surface area contributed by atoms with Gasteiger partial charge in [0.25, 0.3) is 0 Å². The Morgan fingerprint density at radius 1 is 0.917 bits per heavy atom. The zero-order valence-corrected chi connectivity index (χ0v) is 13.5. The fourth-order valence-corrected chi connectivity index (χ4v) is 3.02. The van der Waals surface area contributed by atoms with Crippen molar-refractivity contribution in [3.63, 3.8) is 0 Å². The second-order valence-corrected chi connectivity index (χ2v) is 6.07. The number of hydrogen-bond acceptors (Lipinski definition) is 2. The van der Waals surface area contributed by atoms with E-state index in [1.54, 1.807) is 6.07 Å². The highest BCUT2D eigenvalue weighted by atomic mass is 35.5. The molecule has 1 aliphatic rings. The Labute approximate surface area is 144 Å². The van der Waals surface area contributed by atoms with Crippen molar-refractivity contribution in [2.45, 2.75) is 6.42 Å². The van der Waals surface area contributed by atoms with E-state index in [1.165, 1.54) is 6.07 Å². The number of fused-ring (bicyclic) bond motifs is 1. The van der Waals surface area contributed by atoms with Crippen molar-refractivity contribution < 1.29 is 13.9 Å². The van der Waals surface area contributed by atoms with Crippen LogP contribution in [0.1, 0.15) is 11.1 Å². The zero-order chi connectivity index (χ0) is 16.5. The first-order chi connectivity index (χ1) is 11.7. The second-order valence-electron chi connectivity index (χ2n) is 5.64. The van der Waals surface area contributed by atoms with Gasteiger partial charge in [-0.25, -0.2) is 4.39 Å². The fourth-order valence-electron chi connectivity index (χ4n) is 2.89. The van der Waals surface area contributed by atoms with Gasteiger partial charge in [-0.1, -0.05) is 41.9 Å². The summed E-state index contributed by atoms with van der Waals surface area (Å²) >= 11 is 5.95. The number of rotatable bonds is 3. The van der Waals surface area contributed by atoms with E-state index in [0.29, 0.717) is 22.8 Å². The minimum Gasteiger partial charge on any atom is -0.454 e. The van der Waals surface area contributed by atoms with Gasteiger partial charge in [-0.3, -0.25) is 0 Å². The van der Waals surface area contributed by atoms with Crippen molar-refractivity contribution in [1.82, 2.24) is 0 Å². The van der Waals surface area contributed by atoms with Gasteiger partial charge in [0.2, 0.25) is 6.79 Å². The minimum atomic E-state index is -0.222. The first-order valence-electron chi connectivity index (χ1n) is 7.62. The molecule has 1 aliphatic heterocycles. The van der Waals surface area contributed by atoms with Crippen LogP contribution in [-0.4, -0.2) is 6.79 Å². The molecule has 4 rings (SSSR count). The van der Waals surface area contributed by atoms with E-state index in [1.807, 2.05) is 48.5 Å². The molecule has 0 saturated heterocycles. The number of benzene rings is 3. The van der Waals surface area contributed by atoms with Gasteiger partial charge in [-0.05, 0) is 47.0 Å². The normalized spacial score (nSPS) is 12.4. The molecule has 0 aliphatic carbocycles. The molecular formula is C20H14ClFO2. The third kappa shape index (κ3) is 2.83. The standard InChI is InChI=1S/C20H14ClFO2/c21-15-7-5-14(6-8-15)16-2-1-3-18(22)17(16)10-13-4-9-19-20(11-13)24-12-23-19/h1-9,11H,10,12H2. The predicted molar refractivity (Wildman–Crippen MR) is 92.2 cm³/mol. The average Bonchev–Trinajstić information content (AvgIpc) is 3.05. The van der Waals surface area contributed by atoms with Crippen LogP contribution >= 0.6 is 11.6 Å². The third-order valence-corrected chi connectivity index (χ3v) is 4.34. The summed E-state index contributed by atoms with van der Waals surface area (Å²) in [4.78, 5) is 0. The van der Waals surface area contributed by atoms with E-state index in [4.69, 9.17) is 21.1 Å². The molecule has 1 heterocycles. The summed E-state index contributed by atoms with van der Waals surface area (Å²) in [7, 11) is 0. The van der Waals surface area contributed by atoms with Gasteiger partial charge in [-0.2, -0.15) is 0 Å². The summed E-state index contributed by atoms with van der Waals surface area (Å²) in [6.45, 7) is 0.231. The highest BCUT2D eigenvalue weighted by molar-refractivity contribution is 6.30. The Morgan fingerprint density at radius 2 is 1.71 bits per heavy atom. The maximum absolute atomic E-state index is 14.5. The lowest BCUT2D eigenvalue weighted by Gasteiger charge is -2.12. The SMILES string of the molecule is Fc1cccc(-c2ccc(Cl)cc2)c1Cc1ccc2c(c1)OCO2. The van der Waals surface area contributed by atoms with Crippen LogP contribution in [0.3, 0.4) is 0 Å². The summed E-state index contributed by atoms with van der Waals surface area (Å²) in [6, 6.07) is 18.3. The Morgan fingerprint density at radius 3 is 2.54 bits per heavy atom. The number of hydrogen-bond donors (Lipinski definition) is 0. The fraction of sp³-hybridized carbons (Fsp3) is 0.100. The van der Waals surface area contributed by atoms with Gasteiger partial charge in [-0.15, -0.1) is 0 Å². The molecule has 24 heavy (non-hydrogen) atoms. The molecule has 0 aromatic heterocycles. The first-order valence-corrected chi connectivity index (χ1v) is 8.00. The van der Waals surface area contributed by atoms with Gasteiger partial charge in [0.05, 0.1) is 0 Å². The summed E-state index contributed by atoms with van der Waals surface area (Å²) < 4.78 is 25.2. The molecule has 0 amide bonds. The van der Waals surface area contributed by atoms with Gasteiger partial charge in [0.1, 0.15) is 5.82 Å². The lowest BCUT2D eigenvalue weighted by molar-refractivity contribution is 0.174. The molecule has 120 valence electrons. The molecule has 0 fully saturated rings. The molecular weight excluding hydrogens is 327 g/mol. The molecule has 3 aromatic carbocycles. The van der Waals surface area contributed by atoms with Crippen molar-refractivity contribution in [2.24, 2.45) is 0 Å². The molecule has 0 unspecified atom stereocenters.